The molecular weight excluding hydrogens is 234 g/mol. The van der Waals surface area contributed by atoms with Gasteiger partial charge in [-0.1, -0.05) is 6.07 Å². The summed E-state index contributed by atoms with van der Waals surface area (Å²) in [7, 11) is 0. The number of benzene rings is 1. The first-order valence-corrected chi connectivity index (χ1v) is 7.27. The zero-order valence-corrected chi connectivity index (χ0v) is 11.6. The lowest BCUT2D eigenvalue weighted by atomic mass is 10.1. The van der Waals surface area contributed by atoms with Gasteiger partial charge in [0.25, 0.3) is 0 Å². The third-order valence-corrected chi connectivity index (χ3v) is 4.42. The minimum absolute atomic E-state index is 0.690. The molecule has 1 unspecified atom stereocenters. The van der Waals surface area contributed by atoms with Crippen molar-refractivity contribution < 1.29 is 0 Å². The number of aryl methyl sites for hydroxylation is 1. The molecule has 0 bridgehead atoms. The number of rotatable bonds is 1. The molecule has 0 spiro atoms. The van der Waals surface area contributed by atoms with Gasteiger partial charge in [0, 0.05) is 25.7 Å². The van der Waals surface area contributed by atoms with Crippen LogP contribution in [-0.4, -0.2) is 37.1 Å². The molecule has 0 radical (unpaired) electrons. The molecule has 3 heteroatoms. The van der Waals surface area contributed by atoms with Gasteiger partial charge < -0.3 is 4.90 Å². The first-order valence-electron chi connectivity index (χ1n) is 7.27. The lowest BCUT2D eigenvalue weighted by Gasteiger charge is -2.28. The van der Waals surface area contributed by atoms with Crippen molar-refractivity contribution in [2.24, 2.45) is 0 Å². The summed E-state index contributed by atoms with van der Waals surface area (Å²) in [6.45, 7) is 6.68. The Kier molecular flexibility index (Phi) is 3.44. The predicted molar refractivity (Wildman–Crippen MR) is 77.3 cm³/mol. The summed E-state index contributed by atoms with van der Waals surface area (Å²) in [6.07, 6.45) is 3.84. The van der Waals surface area contributed by atoms with E-state index in [2.05, 4.69) is 28.0 Å². The fourth-order valence-electron chi connectivity index (χ4n) is 3.44. The smallest absolute Gasteiger partial charge is 0.101 e. The number of nitriles is 1. The van der Waals surface area contributed by atoms with Crippen LogP contribution in [0.1, 0.15) is 30.4 Å². The first kappa shape index (κ1) is 12.5. The minimum Gasteiger partial charge on any atom is -0.369 e. The van der Waals surface area contributed by atoms with Crippen molar-refractivity contribution in [2.75, 3.05) is 31.1 Å². The summed E-state index contributed by atoms with van der Waals surface area (Å²) < 4.78 is 0. The Bertz CT molecular complexity index is 503. The molecule has 0 amide bonds. The molecule has 1 atom stereocenters. The summed E-state index contributed by atoms with van der Waals surface area (Å²) in [5, 5.41) is 9.34. The second kappa shape index (κ2) is 5.22. The Morgan fingerprint density at radius 2 is 2.05 bits per heavy atom. The Balaban J connectivity index is 1.87. The van der Waals surface area contributed by atoms with Crippen LogP contribution >= 0.6 is 0 Å². The average molecular weight is 255 g/mol. The van der Waals surface area contributed by atoms with Gasteiger partial charge in [-0.3, -0.25) is 4.90 Å². The fourth-order valence-corrected chi connectivity index (χ4v) is 3.44. The number of nitrogens with zero attached hydrogens (tertiary/aromatic N) is 3. The van der Waals surface area contributed by atoms with Crippen molar-refractivity contribution in [1.29, 1.82) is 5.26 Å². The zero-order chi connectivity index (χ0) is 13.2. The SMILES string of the molecule is Cc1ccc(N2CCCN3CCCC3C2)c(C#N)c1. The highest BCUT2D eigenvalue weighted by Gasteiger charge is 2.29. The highest BCUT2D eigenvalue weighted by atomic mass is 15.3. The molecule has 2 aliphatic heterocycles. The van der Waals surface area contributed by atoms with Crippen molar-refractivity contribution in [3.8, 4) is 6.07 Å². The largest absolute Gasteiger partial charge is 0.369 e. The summed E-state index contributed by atoms with van der Waals surface area (Å²) >= 11 is 0. The maximum absolute atomic E-state index is 9.34. The van der Waals surface area contributed by atoms with E-state index >= 15 is 0 Å². The van der Waals surface area contributed by atoms with E-state index in [0.717, 1.165) is 29.9 Å². The molecule has 2 saturated heterocycles. The molecule has 1 aromatic carbocycles. The van der Waals surface area contributed by atoms with Crippen LogP contribution in [0.4, 0.5) is 5.69 Å². The molecule has 2 heterocycles. The lowest BCUT2D eigenvalue weighted by Crippen LogP contribution is -2.36. The second-order valence-corrected chi connectivity index (χ2v) is 5.76. The second-order valence-electron chi connectivity index (χ2n) is 5.76. The molecule has 0 saturated carbocycles. The number of anilines is 1. The van der Waals surface area contributed by atoms with Crippen LogP contribution in [0.15, 0.2) is 18.2 Å². The van der Waals surface area contributed by atoms with E-state index in [1.165, 1.54) is 32.4 Å². The van der Waals surface area contributed by atoms with Gasteiger partial charge in [-0.05, 0) is 50.4 Å². The summed E-state index contributed by atoms with van der Waals surface area (Å²) in [5.74, 6) is 0. The number of hydrogen-bond donors (Lipinski definition) is 0. The van der Waals surface area contributed by atoms with Gasteiger partial charge in [0.15, 0.2) is 0 Å². The molecule has 1 aromatic rings. The summed E-state index contributed by atoms with van der Waals surface area (Å²) in [6, 6.07) is 9.30. The Morgan fingerprint density at radius 3 is 2.89 bits per heavy atom. The highest BCUT2D eigenvalue weighted by Crippen LogP contribution is 2.27. The molecule has 100 valence electrons. The number of fused-ring (bicyclic) bond motifs is 1. The van der Waals surface area contributed by atoms with E-state index in [1.54, 1.807) is 0 Å². The van der Waals surface area contributed by atoms with Gasteiger partial charge in [-0.2, -0.15) is 5.26 Å². The standard InChI is InChI=1S/C16H21N3/c1-13-5-6-16(14(10-13)11-17)19-9-3-8-18-7-2-4-15(18)12-19/h5-6,10,15H,2-4,7-9,12H2,1H3. The molecule has 2 aliphatic rings. The molecule has 2 fully saturated rings. The normalized spacial score (nSPS) is 23.8. The van der Waals surface area contributed by atoms with E-state index in [4.69, 9.17) is 0 Å². The Hall–Kier alpha value is -1.53. The van der Waals surface area contributed by atoms with Gasteiger partial charge in [0.2, 0.25) is 0 Å². The van der Waals surface area contributed by atoms with E-state index < -0.39 is 0 Å². The van der Waals surface area contributed by atoms with E-state index in [9.17, 15) is 5.26 Å². The van der Waals surface area contributed by atoms with Crippen LogP contribution in [0.3, 0.4) is 0 Å². The van der Waals surface area contributed by atoms with Gasteiger partial charge in [-0.15, -0.1) is 0 Å². The van der Waals surface area contributed by atoms with Crippen LogP contribution in [0.25, 0.3) is 0 Å². The van der Waals surface area contributed by atoms with Crippen molar-refractivity contribution in [1.82, 2.24) is 4.90 Å². The first-order chi connectivity index (χ1) is 9.28. The van der Waals surface area contributed by atoms with Crippen molar-refractivity contribution in [2.45, 2.75) is 32.2 Å². The highest BCUT2D eigenvalue weighted by molar-refractivity contribution is 5.60. The summed E-state index contributed by atoms with van der Waals surface area (Å²) in [5.41, 5.74) is 3.12. The molecular formula is C16H21N3. The third kappa shape index (κ3) is 2.46. The third-order valence-electron chi connectivity index (χ3n) is 4.42. The van der Waals surface area contributed by atoms with E-state index in [-0.39, 0.29) is 0 Å². The van der Waals surface area contributed by atoms with Crippen LogP contribution in [0.2, 0.25) is 0 Å². The maximum Gasteiger partial charge on any atom is 0.101 e. The molecule has 0 N–H and O–H groups in total. The molecule has 3 rings (SSSR count). The minimum atomic E-state index is 0.690. The predicted octanol–water partition coefficient (Wildman–Crippen LogP) is 2.54. The molecule has 3 nitrogen and oxygen atoms in total. The van der Waals surface area contributed by atoms with Crippen molar-refractivity contribution in [3.05, 3.63) is 29.3 Å². The van der Waals surface area contributed by atoms with Gasteiger partial charge >= 0.3 is 0 Å². The van der Waals surface area contributed by atoms with Crippen LogP contribution in [-0.2, 0) is 0 Å². The van der Waals surface area contributed by atoms with Crippen molar-refractivity contribution >= 4 is 5.69 Å². The van der Waals surface area contributed by atoms with Crippen LogP contribution in [0, 0.1) is 18.3 Å². The molecule has 0 aromatic heterocycles. The summed E-state index contributed by atoms with van der Waals surface area (Å²) in [4.78, 5) is 5.05. The Morgan fingerprint density at radius 1 is 1.21 bits per heavy atom. The lowest BCUT2D eigenvalue weighted by molar-refractivity contribution is 0.273. The molecule has 19 heavy (non-hydrogen) atoms. The fraction of sp³-hybridized carbons (Fsp3) is 0.562. The van der Waals surface area contributed by atoms with Gasteiger partial charge in [0.05, 0.1) is 11.3 Å². The maximum atomic E-state index is 9.34. The number of hydrogen-bond acceptors (Lipinski definition) is 3. The quantitative estimate of drug-likeness (QED) is 0.772. The monoisotopic (exact) mass is 255 g/mol. The average Bonchev–Trinajstić information content (AvgIpc) is 2.76. The van der Waals surface area contributed by atoms with Crippen molar-refractivity contribution in [3.63, 3.8) is 0 Å². The van der Waals surface area contributed by atoms with Crippen LogP contribution in [0.5, 0.6) is 0 Å². The zero-order valence-electron chi connectivity index (χ0n) is 11.6. The van der Waals surface area contributed by atoms with Crippen LogP contribution < -0.4 is 4.90 Å². The molecule has 0 aliphatic carbocycles. The van der Waals surface area contributed by atoms with E-state index in [0.29, 0.717) is 6.04 Å². The van der Waals surface area contributed by atoms with Gasteiger partial charge in [0.1, 0.15) is 6.07 Å². The Labute approximate surface area is 115 Å². The topological polar surface area (TPSA) is 30.3 Å². The van der Waals surface area contributed by atoms with Gasteiger partial charge in [-0.25, -0.2) is 0 Å². The van der Waals surface area contributed by atoms with E-state index in [1.807, 2.05) is 13.0 Å².